The standard InChI is InChI=1S/C63H85N9O17/c1-6-63(81)49-33-52-56-47(35-72(52)59(77)48(49)37-88-60(63)78)46(45-32-43(82-5)18-19-50(45)69-56)34-67-62(80)89-36-41-14-16-42(17-15-41)68-57(75)51(13-10-21-66-61(64)79)70-58(76)55(39(2)3)71-53(73)20-23-83-25-27-85-29-30-86-28-26-84-24-22-65-54(74)38-87-44-12-9-7-8-11-40(4)31-44/h14-19,31-33,39,44,51,55,81H,6-13,20-30,34-38H2,1-5H3,(H,65,74)(H,67,80)(H,68,75)(H,70,76)(H,71,73)(H3,64,66,79)/b40-31-/t44?,51-,55-,63-/m0/s1. The molecule has 2 aliphatic heterocycles. The molecule has 0 saturated carbocycles. The number of anilines is 1. The Hall–Kier alpha value is -8.01. The highest BCUT2D eigenvalue weighted by Gasteiger charge is 2.45. The van der Waals surface area contributed by atoms with Gasteiger partial charge < -0.3 is 85.2 Å². The van der Waals surface area contributed by atoms with Crippen LogP contribution in [0.2, 0.25) is 0 Å². The minimum absolute atomic E-state index is 0.0116. The van der Waals surface area contributed by atoms with Crippen molar-refractivity contribution in [1.82, 2.24) is 36.1 Å². The summed E-state index contributed by atoms with van der Waals surface area (Å²) in [5.41, 5.74) is 8.13. The number of alkyl carbamates (subject to hydrolysis) is 1. The average Bonchev–Trinajstić information content (AvgIpc) is 1.75. The Morgan fingerprint density at radius 3 is 2.25 bits per heavy atom. The van der Waals surface area contributed by atoms with Crippen molar-refractivity contribution in [1.29, 1.82) is 0 Å². The highest BCUT2D eigenvalue weighted by atomic mass is 16.6. The van der Waals surface area contributed by atoms with E-state index in [1.54, 1.807) is 69.3 Å². The molecule has 7 amide bonds. The molecule has 2 aromatic heterocycles. The number of cyclic esters (lactones) is 1. The maximum absolute atomic E-state index is 13.9. The number of aromatic nitrogens is 2. The van der Waals surface area contributed by atoms with Crippen molar-refractivity contribution in [3.8, 4) is 17.1 Å². The number of aliphatic hydroxyl groups is 1. The normalized spacial score (nSPS) is 17.3. The number of methoxy groups -OCH3 is 1. The van der Waals surface area contributed by atoms with Gasteiger partial charge in [0.1, 0.15) is 37.7 Å². The number of carbonyl (C=O) groups is 7. The molecule has 26 heteroatoms. The third kappa shape index (κ3) is 19.7. The van der Waals surface area contributed by atoms with Gasteiger partial charge in [0, 0.05) is 48.3 Å². The van der Waals surface area contributed by atoms with E-state index in [-0.39, 0.29) is 114 Å². The van der Waals surface area contributed by atoms with E-state index in [4.69, 9.17) is 48.6 Å². The Kier molecular flexibility index (Phi) is 26.2. The van der Waals surface area contributed by atoms with E-state index in [1.165, 1.54) is 30.1 Å². The Balaban J connectivity index is 0.811. The minimum Gasteiger partial charge on any atom is -0.497 e. The van der Waals surface area contributed by atoms with Crippen LogP contribution in [0.1, 0.15) is 113 Å². The van der Waals surface area contributed by atoms with Crippen molar-refractivity contribution in [3.63, 3.8) is 0 Å². The second-order valence-corrected chi connectivity index (χ2v) is 22.3. The number of allylic oxidation sites excluding steroid dienone is 1. The molecule has 484 valence electrons. The first-order chi connectivity index (χ1) is 42.9. The minimum atomic E-state index is -2.00. The SMILES string of the molecule is CC[C@@]1(O)C(=O)OCc2c1cc1n(c2=O)Cc2c-1nc1ccc(OC)cc1c2CNC(=O)OCc1ccc(NC(=O)[C@H](CCCNC(N)=O)NC(=O)[C@@H](NC(=O)CCOCCOCCOCCOCCNC(=O)COC2/C=C(/C)CCCCC2)C(C)C)cc1. The summed E-state index contributed by atoms with van der Waals surface area (Å²) < 4.78 is 45.9. The second-order valence-electron chi connectivity index (χ2n) is 22.3. The van der Waals surface area contributed by atoms with Crippen molar-refractivity contribution in [2.24, 2.45) is 11.7 Å². The zero-order valence-corrected chi connectivity index (χ0v) is 51.4. The van der Waals surface area contributed by atoms with Crippen molar-refractivity contribution in [2.75, 3.05) is 85.0 Å². The molecule has 0 radical (unpaired) electrons. The number of primary amides is 1. The van der Waals surface area contributed by atoms with Gasteiger partial charge in [-0.25, -0.2) is 19.4 Å². The van der Waals surface area contributed by atoms with Crippen molar-refractivity contribution >= 4 is 58.3 Å². The predicted octanol–water partition coefficient (Wildman–Crippen LogP) is 4.40. The van der Waals surface area contributed by atoms with E-state index >= 15 is 0 Å². The van der Waals surface area contributed by atoms with Gasteiger partial charge in [0.05, 0.1) is 95.1 Å². The summed E-state index contributed by atoms with van der Waals surface area (Å²) in [6, 6.07) is 10.6. The van der Waals surface area contributed by atoms with Crippen LogP contribution in [0.4, 0.5) is 15.3 Å². The van der Waals surface area contributed by atoms with E-state index in [0.29, 0.717) is 90.0 Å². The lowest BCUT2D eigenvalue weighted by atomic mass is 9.86. The summed E-state index contributed by atoms with van der Waals surface area (Å²) in [5, 5.41) is 28.4. The zero-order valence-electron chi connectivity index (χ0n) is 51.4. The van der Waals surface area contributed by atoms with Gasteiger partial charge in [-0.15, -0.1) is 0 Å². The van der Waals surface area contributed by atoms with E-state index in [9.17, 15) is 43.5 Å². The van der Waals surface area contributed by atoms with Crippen LogP contribution in [0.15, 0.2) is 65.0 Å². The van der Waals surface area contributed by atoms with E-state index in [1.807, 2.05) is 0 Å². The number of carbonyl (C=O) groups excluding carboxylic acids is 7. The number of pyridine rings is 2. The predicted molar refractivity (Wildman–Crippen MR) is 326 cm³/mol. The topological polar surface area (TPSA) is 347 Å². The fourth-order valence-electron chi connectivity index (χ4n) is 10.5. The number of hydrogen-bond acceptors (Lipinski definition) is 18. The molecule has 0 bridgehead atoms. The average molecular weight is 1240 g/mol. The molecule has 4 aromatic rings. The van der Waals surface area contributed by atoms with Crippen LogP contribution in [0, 0.1) is 5.92 Å². The maximum atomic E-state index is 13.9. The Morgan fingerprint density at radius 1 is 0.831 bits per heavy atom. The van der Waals surface area contributed by atoms with Crippen molar-refractivity contribution in [3.05, 3.63) is 98.4 Å². The van der Waals surface area contributed by atoms with E-state index in [0.717, 1.165) is 19.3 Å². The van der Waals surface area contributed by atoms with Crippen LogP contribution >= 0.6 is 0 Å². The highest BCUT2D eigenvalue weighted by Crippen LogP contribution is 2.41. The third-order valence-electron chi connectivity index (χ3n) is 15.5. The molecule has 89 heavy (non-hydrogen) atoms. The molecule has 9 N–H and O–H groups in total. The number of esters is 1. The van der Waals surface area contributed by atoms with Crippen LogP contribution in [0.3, 0.4) is 0 Å². The van der Waals surface area contributed by atoms with Crippen LogP contribution in [0.5, 0.6) is 5.75 Å². The molecule has 1 aliphatic carbocycles. The van der Waals surface area contributed by atoms with Gasteiger partial charge in [-0.05, 0) is 98.9 Å². The third-order valence-corrected chi connectivity index (χ3v) is 15.5. The first-order valence-electron chi connectivity index (χ1n) is 30.4. The fourth-order valence-corrected chi connectivity index (χ4v) is 10.5. The van der Waals surface area contributed by atoms with E-state index in [2.05, 4.69) is 44.9 Å². The monoisotopic (exact) mass is 1240 g/mol. The number of benzene rings is 2. The van der Waals surface area contributed by atoms with Crippen LogP contribution in [-0.2, 0) is 89.0 Å². The molecule has 0 fully saturated rings. The molecule has 4 heterocycles. The van der Waals surface area contributed by atoms with E-state index < -0.39 is 59.1 Å². The number of urea groups is 1. The number of rotatable bonds is 34. The molecule has 7 rings (SSSR count). The van der Waals surface area contributed by atoms with Crippen LogP contribution in [-0.4, -0.2) is 154 Å². The zero-order chi connectivity index (χ0) is 63.9. The molecule has 3 aliphatic rings. The van der Waals surface area contributed by atoms with Gasteiger partial charge in [0.15, 0.2) is 5.60 Å². The number of nitrogens with zero attached hydrogens (tertiary/aromatic N) is 2. The Bertz CT molecular complexity index is 3210. The Morgan fingerprint density at radius 2 is 1.55 bits per heavy atom. The van der Waals surface area contributed by atoms with Gasteiger partial charge in [0.25, 0.3) is 5.56 Å². The van der Waals surface area contributed by atoms with Crippen molar-refractivity contribution in [2.45, 2.75) is 136 Å². The van der Waals surface area contributed by atoms with Crippen LogP contribution in [0.25, 0.3) is 22.3 Å². The van der Waals surface area contributed by atoms with Gasteiger partial charge in [-0.3, -0.25) is 24.0 Å². The molecule has 0 saturated heterocycles. The molecular weight excluding hydrogens is 1150 g/mol. The molecule has 2 aromatic carbocycles. The van der Waals surface area contributed by atoms with Crippen molar-refractivity contribution < 1.29 is 76.6 Å². The summed E-state index contributed by atoms with van der Waals surface area (Å²) in [7, 11) is 1.53. The summed E-state index contributed by atoms with van der Waals surface area (Å²) >= 11 is 0. The summed E-state index contributed by atoms with van der Waals surface area (Å²) in [5.74, 6) is -2.44. The van der Waals surface area contributed by atoms with Crippen LogP contribution < -0.4 is 47.9 Å². The molecule has 1 unspecified atom stereocenters. The molecule has 26 nitrogen and oxygen atoms in total. The quantitative estimate of drug-likeness (QED) is 0.0161. The Labute approximate surface area is 516 Å². The van der Waals surface area contributed by atoms with Gasteiger partial charge in [-0.1, -0.05) is 57.4 Å². The maximum Gasteiger partial charge on any atom is 0.407 e. The summed E-state index contributed by atoms with van der Waals surface area (Å²) in [6.07, 6.45) is 7.15. The second kappa shape index (κ2) is 34.1. The molecular formula is C63H85N9O17. The molecule has 4 atom stereocenters. The summed E-state index contributed by atoms with van der Waals surface area (Å²) in [6.45, 7) is 9.68. The number of fused-ring (bicyclic) bond motifs is 5. The lowest BCUT2D eigenvalue weighted by Crippen LogP contribution is -2.54. The number of nitrogens with two attached hydrogens (primary N) is 1. The summed E-state index contributed by atoms with van der Waals surface area (Å²) in [4.78, 5) is 109. The lowest BCUT2D eigenvalue weighted by Gasteiger charge is -2.31. The fraction of sp³-hybridized carbons (Fsp3) is 0.540. The molecule has 0 spiro atoms. The number of hydrogen-bond donors (Lipinski definition) is 8. The number of amides is 7. The highest BCUT2D eigenvalue weighted by molar-refractivity contribution is 5.98. The number of ether oxygens (including phenoxy) is 8. The van der Waals surface area contributed by atoms with Gasteiger partial charge >= 0.3 is 18.1 Å². The van der Waals surface area contributed by atoms with Gasteiger partial charge in [0.2, 0.25) is 23.6 Å². The first-order valence-corrected chi connectivity index (χ1v) is 30.4. The first kappa shape index (κ1) is 68.5. The smallest absolute Gasteiger partial charge is 0.407 e. The van der Waals surface area contributed by atoms with Gasteiger partial charge in [-0.2, -0.15) is 0 Å². The lowest BCUT2D eigenvalue weighted by molar-refractivity contribution is -0.172. The largest absolute Gasteiger partial charge is 0.497 e. The number of nitrogens with one attached hydrogen (secondary N) is 6.